The van der Waals surface area contributed by atoms with E-state index in [0.717, 1.165) is 42.6 Å². The van der Waals surface area contributed by atoms with E-state index in [-0.39, 0.29) is 17.4 Å². The Bertz CT molecular complexity index is 1340. The monoisotopic (exact) mass is 456 g/mol. The van der Waals surface area contributed by atoms with Crippen LogP contribution in [-0.4, -0.2) is 37.3 Å². The summed E-state index contributed by atoms with van der Waals surface area (Å²) < 4.78 is 1.73. The topological polar surface area (TPSA) is 84.2 Å². The Kier molecular flexibility index (Phi) is 5.71. The highest BCUT2D eigenvalue weighted by Crippen LogP contribution is 2.32. The quantitative estimate of drug-likeness (QED) is 0.450. The van der Waals surface area contributed by atoms with Crippen molar-refractivity contribution in [1.82, 2.24) is 24.7 Å². The highest BCUT2D eigenvalue weighted by Gasteiger charge is 2.25. The van der Waals surface area contributed by atoms with Gasteiger partial charge in [-0.05, 0) is 56.9 Å². The van der Waals surface area contributed by atoms with Crippen LogP contribution in [0.1, 0.15) is 68.2 Å². The van der Waals surface area contributed by atoms with E-state index in [1.807, 2.05) is 6.20 Å². The molecule has 0 bridgehead atoms. The smallest absolute Gasteiger partial charge is 0.270 e. The molecular weight excluding hydrogens is 424 g/mol. The minimum Gasteiger partial charge on any atom is -0.382 e. The highest BCUT2D eigenvalue weighted by atomic mass is 16.2. The first-order valence-corrected chi connectivity index (χ1v) is 12.1. The van der Waals surface area contributed by atoms with Gasteiger partial charge in [0.2, 0.25) is 5.78 Å². The maximum Gasteiger partial charge on any atom is 0.270 e. The molecule has 0 radical (unpaired) electrons. The number of anilines is 1. The Balaban J connectivity index is 1.27. The maximum atomic E-state index is 12.8. The fraction of sp³-hybridized carbons (Fsp3) is 0.407. The van der Waals surface area contributed by atoms with Gasteiger partial charge in [-0.1, -0.05) is 32.4 Å². The van der Waals surface area contributed by atoms with Crippen LogP contribution in [0.2, 0.25) is 0 Å². The molecule has 0 spiro atoms. The summed E-state index contributed by atoms with van der Waals surface area (Å²) in [5.74, 6) is 0.442. The number of aryl methyl sites for hydroxylation is 1. The Morgan fingerprint density at radius 2 is 1.82 bits per heavy atom. The van der Waals surface area contributed by atoms with Gasteiger partial charge in [0, 0.05) is 46.7 Å². The van der Waals surface area contributed by atoms with Crippen LogP contribution >= 0.6 is 0 Å². The second-order valence-electron chi connectivity index (χ2n) is 10.4. The van der Waals surface area contributed by atoms with Gasteiger partial charge in [0.05, 0.1) is 11.7 Å². The van der Waals surface area contributed by atoms with Crippen LogP contribution in [0.3, 0.4) is 0 Å². The molecule has 34 heavy (non-hydrogen) atoms. The number of benzene rings is 1. The molecule has 3 aromatic heterocycles. The molecule has 3 heterocycles. The van der Waals surface area contributed by atoms with Crippen molar-refractivity contribution in [1.29, 1.82) is 0 Å². The van der Waals surface area contributed by atoms with E-state index in [2.05, 4.69) is 72.6 Å². The van der Waals surface area contributed by atoms with Crippen molar-refractivity contribution in [3.8, 4) is 0 Å². The summed E-state index contributed by atoms with van der Waals surface area (Å²) in [7, 11) is 0. The van der Waals surface area contributed by atoms with Crippen molar-refractivity contribution in [3.63, 3.8) is 0 Å². The number of carbonyl (C=O) groups excluding carboxylic acids is 1. The second kappa shape index (κ2) is 8.70. The lowest BCUT2D eigenvalue weighted by Gasteiger charge is -2.31. The van der Waals surface area contributed by atoms with E-state index in [4.69, 9.17) is 4.98 Å². The zero-order chi connectivity index (χ0) is 23.9. The molecule has 0 unspecified atom stereocenters. The summed E-state index contributed by atoms with van der Waals surface area (Å²) in [6.07, 6.45) is 8.96. The lowest BCUT2D eigenvalue weighted by Crippen LogP contribution is -2.40. The standard InChI is InChI=1S/C27H32N6O/c1-17-6-11-21-20(14-17)22(15-24(32-21)27(2,3)4)30-18-7-9-19(10-8-18)31-25(34)23-16-29-26-28-12-5-13-33(23)26/h5-6,11-16,18-19H,7-10H2,1-4H3,(H,30,32)(H,31,34). The fourth-order valence-electron chi connectivity index (χ4n) is 4.70. The van der Waals surface area contributed by atoms with E-state index in [1.165, 1.54) is 10.9 Å². The van der Waals surface area contributed by atoms with Crippen molar-refractivity contribution in [2.75, 3.05) is 5.32 Å². The first-order chi connectivity index (χ1) is 16.3. The number of hydrogen-bond donors (Lipinski definition) is 2. The number of imidazole rings is 1. The van der Waals surface area contributed by atoms with Crippen LogP contribution < -0.4 is 10.6 Å². The van der Waals surface area contributed by atoms with Gasteiger partial charge in [0.1, 0.15) is 5.69 Å². The summed E-state index contributed by atoms with van der Waals surface area (Å²) in [4.78, 5) is 26.2. The van der Waals surface area contributed by atoms with Gasteiger partial charge in [0.25, 0.3) is 5.91 Å². The van der Waals surface area contributed by atoms with E-state index >= 15 is 0 Å². The number of rotatable bonds is 4. The molecule has 1 aromatic carbocycles. The summed E-state index contributed by atoms with van der Waals surface area (Å²) in [6.45, 7) is 8.72. The number of hydrogen-bond acceptors (Lipinski definition) is 5. The number of aromatic nitrogens is 4. The normalized spacial score (nSPS) is 18.8. The molecule has 1 aliphatic rings. The largest absolute Gasteiger partial charge is 0.382 e. The molecule has 5 rings (SSSR count). The molecule has 7 nitrogen and oxygen atoms in total. The third-order valence-corrected chi connectivity index (χ3v) is 6.68. The molecule has 1 amide bonds. The van der Waals surface area contributed by atoms with Crippen LogP contribution in [0.4, 0.5) is 5.69 Å². The van der Waals surface area contributed by atoms with E-state index in [9.17, 15) is 4.79 Å². The highest BCUT2D eigenvalue weighted by molar-refractivity contribution is 5.93. The average molecular weight is 457 g/mol. The molecule has 0 atom stereocenters. The minimum atomic E-state index is -0.0951. The van der Waals surface area contributed by atoms with Gasteiger partial charge in [-0.2, -0.15) is 0 Å². The molecular formula is C27H32N6O. The fourth-order valence-corrected chi connectivity index (χ4v) is 4.70. The molecule has 0 saturated heterocycles. The summed E-state index contributed by atoms with van der Waals surface area (Å²) in [5.41, 5.74) is 5.01. The van der Waals surface area contributed by atoms with Crippen molar-refractivity contribution < 1.29 is 4.79 Å². The summed E-state index contributed by atoms with van der Waals surface area (Å²) in [6, 6.07) is 11.0. The first-order valence-electron chi connectivity index (χ1n) is 12.1. The Morgan fingerprint density at radius 1 is 1.06 bits per heavy atom. The lowest BCUT2D eigenvalue weighted by atomic mass is 9.89. The molecule has 0 aliphatic heterocycles. The zero-order valence-corrected chi connectivity index (χ0v) is 20.3. The van der Waals surface area contributed by atoms with Gasteiger partial charge in [-0.15, -0.1) is 0 Å². The van der Waals surface area contributed by atoms with Gasteiger partial charge < -0.3 is 10.6 Å². The van der Waals surface area contributed by atoms with Crippen LogP contribution in [0.5, 0.6) is 0 Å². The van der Waals surface area contributed by atoms with Crippen LogP contribution in [0, 0.1) is 6.92 Å². The van der Waals surface area contributed by atoms with Crippen molar-refractivity contribution >= 4 is 28.3 Å². The Hall–Kier alpha value is -3.48. The Labute approximate surface area is 200 Å². The van der Waals surface area contributed by atoms with E-state index < -0.39 is 0 Å². The molecule has 1 saturated carbocycles. The van der Waals surface area contributed by atoms with Crippen molar-refractivity contribution in [2.45, 2.75) is 70.9 Å². The number of carbonyl (C=O) groups is 1. The number of pyridine rings is 1. The van der Waals surface area contributed by atoms with E-state index in [1.54, 1.807) is 22.9 Å². The van der Waals surface area contributed by atoms with Crippen LogP contribution in [0.15, 0.2) is 48.9 Å². The number of fused-ring (bicyclic) bond motifs is 2. The summed E-state index contributed by atoms with van der Waals surface area (Å²) >= 11 is 0. The SMILES string of the molecule is Cc1ccc2nc(C(C)(C)C)cc(NC3CCC(NC(=O)c4cnc5ncccn45)CC3)c2c1. The number of nitrogens with one attached hydrogen (secondary N) is 2. The lowest BCUT2D eigenvalue weighted by molar-refractivity contribution is 0.0920. The zero-order valence-electron chi connectivity index (χ0n) is 20.3. The summed E-state index contributed by atoms with van der Waals surface area (Å²) in [5, 5.41) is 8.18. The third-order valence-electron chi connectivity index (χ3n) is 6.68. The van der Waals surface area contributed by atoms with Gasteiger partial charge in [-0.25, -0.2) is 9.97 Å². The molecule has 1 fully saturated rings. The third kappa shape index (κ3) is 4.47. The minimum absolute atomic E-state index is 0.0230. The van der Waals surface area contributed by atoms with E-state index in [0.29, 0.717) is 17.5 Å². The maximum absolute atomic E-state index is 12.8. The molecule has 4 aromatic rings. The average Bonchev–Trinajstić information content (AvgIpc) is 3.24. The van der Waals surface area contributed by atoms with Gasteiger partial charge in [0.15, 0.2) is 0 Å². The molecule has 2 N–H and O–H groups in total. The number of amides is 1. The first kappa shape index (κ1) is 22.3. The molecule has 1 aliphatic carbocycles. The van der Waals surface area contributed by atoms with Gasteiger partial charge >= 0.3 is 0 Å². The second-order valence-corrected chi connectivity index (χ2v) is 10.4. The predicted octanol–water partition coefficient (Wildman–Crippen LogP) is 5.04. The Morgan fingerprint density at radius 3 is 2.59 bits per heavy atom. The predicted molar refractivity (Wildman–Crippen MR) is 135 cm³/mol. The van der Waals surface area contributed by atoms with Crippen molar-refractivity contribution in [3.05, 3.63) is 65.9 Å². The van der Waals surface area contributed by atoms with Crippen LogP contribution in [0.25, 0.3) is 16.7 Å². The van der Waals surface area contributed by atoms with Gasteiger partial charge in [-0.3, -0.25) is 14.2 Å². The molecule has 7 heteroatoms. The number of nitrogens with zero attached hydrogens (tertiary/aromatic N) is 4. The van der Waals surface area contributed by atoms with Crippen LogP contribution in [-0.2, 0) is 5.41 Å². The van der Waals surface area contributed by atoms with Crippen molar-refractivity contribution in [2.24, 2.45) is 0 Å². The molecule has 176 valence electrons.